The van der Waals surface area contributed by atoms with Crippen molar-refractivity contribution < 1.29 is 48.2 Å². The number of nitrogens with two attached hydrogens (primary N) is 5. The number of hydrogen-bond acceptors (Lipinski definition) is 29. The van der Waals surface area contributed by atoms with Gasteiger partial charge in [0.25, 0.3) is 0 Å². The van der Waals surface area contributed by atoms with Crippen LogP contribution in [-0.2, 0) is 94.4 Å². The van der Waals surface area contributed by atoms with Crippen LogP contribution >= 0.6 is 0 Å². The van der Waals surface area contributed by atoms with Crippen molar-refractivity contribution in [3.8, 4) is 39.6 Å². The molecule has 0 amide bonds. The average Bonchev–Trinajstić information content (AvgIpc) is 1.56. The van der Waals surface area contributed by atoms with E-state index in [1.807, 2.05) is 40.3 Å². The first-order valence-electron chi connectivity index (χ1n) is 47.7. The predicted octanol–water partition coefficient (Wildman–Crippen LogP) is 14.9. The number of aromatic hydroxyl groups is 1. The van der Waals surface area contributed by atoms with E-state index in [-0.39, 0.29) is 32.8 Å². The van der Waals surface area contributed by atoms with E-state index in [4.69, 9.17) is 96.8 Å². The lowest BCUT2D eigenvalue weighted by Crippen LogP contribution is -2.46. The van der Waals surface area contributed by atoms with Crippen molar-refractivity contribution in [3.05, 3.63) is 184 Å². The number of hydroxylamine groups is 10. The maximum atomic E-state index is 9.97. The monoisotopic (exact) mass is 1770 g/mol. The molecule has 12 aliphatic carbocycles. The van der Waals surface area contributed by atoms with Gasteiger partial charge in [-0.15, -0.1) is 0 Å². The van der Waals surface area contributed by atoms with Crippen molar-refractivity contribution in [2.45, 2.75) is 248 Å². The second-order valence-corrected chi connectivity index (χ2v) is 41.2. The molecule has 17 aliphatic rings. The Hall–Kier alpha value is -10.3. The molecule has 690 valence electrons. The van der Waals surface area contributed by atoms with Gasteiger partial charge in [-0.3, -0.25) is 9.97 Å². The molecule has 24 rings (SSSR count). The van der Waals surface area contributed by atoms with E-state index in [1.165, 1.54) is 92.0 Å². The molecule has 5 atom stereocenters. The quantitative estimate of drug-likeness (QED) is 0.0740. The first-order chi connectivity index (χ1) is 62.6. The third-order valence-corrected chi connectivity index (χ3v) is 33.1. The van der Waals surface area contributed by atoms with Gasteiger partial charge in [-0.1, -0.05) is 63.2 Å². The van der Waals surface area contributed by atoms with Gasteiger partial charge >= 0.3 is 0 Å². The van der Waals surface area contributed by atoms with Crippen LogP contribution < -0.4 is 38.1 Å². The van der Waals surface area contributed by atoms with Crippen LogP contribution in [0.1, 0.15) is 231 Å². The summed E-state index contributed by atoms with van der Waals surface area (Å²) >= 11 is 0. The number of fused-ring (bicyclic) bond motifs is 15. The molecule has 29 heteroatoms. The number of rotatable bonds is 10. The maximum Gasteiger partial charge on any atom is 0.220 e. The van der Waals surface area contributed by atoms with Crippen molar-refractivity contribution in [1.82, 2.24) is 45.5 Å². The number of phenols is 1. The fraction of sp³-hybridized carbons (Fsp3) is 0.574. The predicted molar refractivity (Wildman–Crippen MR) is 495 cm³/mol. The summed E-state index contributed by atoms with van der Waals surface area (Å²) in [4.78, 5) is 65.1. The van der Waals surface area contributed by atoms with Crippen LogP contribution in [0.5, 0.6) is 17.2 Å². The molecule has 7 heterocycles. The zero-order valence-corrected chi connectivity index (χ0v) is 77.4. The molecule has 10 spiro atoms. The Bertz CT molecular complexity index is 5410. The minimum absolute atomic E-state index is 0.00629. The van der Waals surface area contributed by atoms with Crippen molar-refractivity contribution in [1.29, 1.82) is 0 Å². The van der Waals surface area contributed by atoms with E-state index in [0.29, 0.717) is 42.0 Å². The Kier molecular flexibility index (Phi) is 22.6. The largest absolute Gasteiger partial charge is 0.508 e. The summed E-state index contributed by atoms with van der Waals surface area (Å²) in [6.07, 6.45) is 41.3. The summed E-state index contributed by atoms with van der Waals surface area (Å²) in [6, 6.07) is 33.6. The summed E-state index contributed by atoms with van der Waals surface area (Å²) in [5.74, 6) is 8.05. The molecule has 0 saturated heterocycles. The van der Waals surface area contributed by atoms with E-state index < -0.39 is 28.6 Å². The highest BCUT2D eigenvalue weighted by Crippen LogP contribution is 2.69. The third-order valence-electron chi connectivity index (χ3n) is 33.1. The van der Waals surface area contributed by atoms with Crippen LogP contribution in [-0.4, -0.2) is 155 Å². The highest BCUT2D eigenvalue weighted by molar-refractivity contribution is 5.82. The van der Waals surface area contributed by atoms with Gasteiger partial charge in [0.15, 0.2) is 0 Å². The zero-order chi connectivity index (χ0) is 90.1. The van der Waals surface area contributed by atoms with Crippen molar-refractivity contribution in [2.24, 2.45) is 110 Å². The summed E-state index contributed by atoms with van der Waals surface area (Å²) in [7, 11) is 12.8. The minimum Gasteiger partial charge on any atom is -0.508 e. The van der Waals surface area contributed by atoms with Crippen LogP contribution in [0.25, 0.3) is 22.4 Å². The van der Waals surface area contributed by atoms with Crippen LogP contribution in [0, 0.1) is 56.7 Å². The van der Waals surface area contributed by atoms with Crippen LogP contribution in [0.4, 0.5) is 0 Å². The number of aliphatic imine (C=N–C) groups is 5. The molecule has 11 N–H and O–H groups in total. The molecule has 0 bridgehead atoms. The number of nitrogens with zero attached hydrogens (tertiary/aromatic N) is 14. The lowest BCUT2D eigenvalue weighted by Gasteiger charge is -2.45. The van der Waals surface area contributed by atoms with Crippen LogP contribution in [0.15, 0.2) is 153 Å². The van der Waals surface area contributed by atoms with Gasteiger partial charge in [-0.05, 0) is 304 Å². The van der Waals surface area contributed by atoms with Gasteiger partial charge in [0.05, 0.1) is 49.7 Å². The van der Waals surface area contributed by atoms with E-state index in [2.05, 4.69) is 114 Å². The molecule has 7 saturated carbocycles. The molecule has 0 radical (unpaired) electrons. The first-order valence-corrected chi connectivity index (χ1v) is 47.7. The van der Waals surface area contributed by atoms with E-state index in [0.717, 1.165) is 226 Å². The number of ether oxygens (including phenoxy) is 4. The number of aromatic nitrogens is 4. The van der Waals surface area contributed by atoms with E-state index in [9.17, 15) is 5.11 Å². The Morgan fingerprint density at radius 1 is 0.354 bits per heavy atom. The van der Waals surface area contributed by atoms with Gasteiger partial charge in [0, 0.05) is 128 Å². The molecule has 5 unspecified atom stereocenters. The second kappa shape index (κ2) is 33.5. The van der Waals surface area contributed by atoms with Gasteiger partial charge in [0.1, 0.15) is 17.2 Å². The van der Waals surface area contributed by atoms with Gasteiger partial charge in [0.2, 0.25) is 58.4 Å². The van der Waals surface area contributed by atoms with Crippen molar-refractivity contribution in [2.75, 3.05) is 62.7 Å². The lowest BCUT2D eigenvalue weighted by atomic mass is 9.65. The summed E-state index contributed by atoms with van der Waals surface area (Å²) in [6.45, 7) is 8.66. The normalized spacial score (nSPS) is 34.1. The van der Waals surface area contributed by atoms with Gasteiger partial charge < -0.3 is 52.7 Å². The summed E-state index contributed by atoms with van der Waals surface area (Å²) in [5.41, 5.74) is 42.8. The number of methoxy groups -OCH3 is 2. The molecule has 2 aromatic heterocycles. The number of benzene rings is 5. The van der Waals surface area contributed by atoms with E-state index in [1.54, 1.807) is 89.7 Å². The molecule has 5 aromatic carbocycles. The number of phenolic OH excluding ortho intramolecular Hbond substituents is 1. The Morgan fingerprint density at radius 3 is 0.992 bits per heavy atom. The fourth-order valence-electron chi connectivity index (χ4n) is 24.8. The Balaban J connectivity index is 0.000000102. The topological polar surface area (TPSA) is 363 Å². The molecule has 130 heavy (non-hydrogen) atoms. The highest BCUT2D eigenvalue weighted by atomic mass is 16.7. The Morgan fingerprint density at radius 2 is 0.677 bits per heavy atom. The fourth-order valence-corrected chi connectivity index (χ4v) is 24.8. The second-order valence-electron chi connectivity index (χ2n) is 41.2. The molecular weight excluding hydrogens is 1640 g/mol. The maximum absolute atomic E-state index is 9.97. The lowest BCUT2D eigenvalue weighted by molar-refractivity contribution is -0.232. The molecule has 7 fully saturated rings. The molecular formula is C101H131N19O10. The zero-order valence-electron chi connectivity index (χ0n) is 77.4. The summed E-state index contributed by atoms with van der Waals surface area (Å²) in [5, 5.41) is 26.0. The molecule has 29 nitrogen and oxygen atoms in total. The van der Waals surface area contributed by atoms with Crippen molar-refractivity contribution in [3.63, 3.8) is 0 Å². The van der Waals surface area contributed by atoms with Gasteiger partial charge in [-0.25, -0.2) is 74.5 Å². The molecule has 5 aliphatic heterocycles. The van der Waals surface area contributed by atoms with E-state index >= 15 is 0 Å². The van der Waals surface area contributed by atoms with Crippen molar-refractivity contribution >= 4 is 29.8 Å². The SMILES string of the molecule is CC1CCC2(CC1)Cc1ccc(-c3ccnnc3)cc1C21N=C(N)N(C)O1.CC1CCC2(CC1)Cc1ccc(-c3cnccn3)cc1C21N=C(N)N(C)O1.CC1CCC2(CC1)Cc1ccc(OCC3CC3)cc1C21N=C(N)N(C)O1.COC1CCC2(CC1)Cc1ccc(O)cc1C21N=C(N)N(C)O1.COC1CCC2(CC1)Cc1ccc(OCC3CC3)cc1C21N=C(N)N(C)O1. The summed E-state index contributed by atoms with van der Waals surface area (Å²) < 4.78 is 23.3. The average molecular weight is 1770 g/mol. The van der Waals surface area contributed by atoms with Gasteiger partial charge in [-0.2, -0.15) is 10.2 Å². The van der Waals surface area contributed by atoms with Crippen LogP contribution in [0.3, 0.4) is 0 Å². The minimum atomic E-state index is -0.821. The third kappa shape index (κ3) is 14.8. The number of guanidine groups is 5. The smallest absolute Gasteiger partial charge is 0.220 e. The highest BCUT2D eigenvalue weighted by Gasteiger charge is 2.69. The number of hydrogen-bond donors (Lipinski definition) is 6. The standard InChI is InChI=1S/2C21H25N5O.C21H29N3O3.C21H29N3O2.C17H23N3O3/c1-14-5-8-20(9-6-14)12-16-4-3-15(17-7-10-23-24-13-17)11-18(16)21(20)25-19(22)26(2)27-21;1-14-5-7-20(8-6-14)12-16-4-3-15(18-13-23-9-10-24-18)11-17(16)21(20)25-19(22)26(2)27-21;1-24-19(22)23-21(27-24)18-11-17(26-13-14-3-4-14)6-5-15(18)12-20(21)9-7-16(25-2)8-10-20;1-14-7-9-20(10-8-14)12-16-5-6-17(25-13-15-3-4-15)11-18(16)21(20)23-19(22)24(2)26-21;1-20-15(18)19-17(23-20)14-9-12(21)4-3-11(14)10-16(17)7-5-13(22-2)6-8-16/h3-4,7,10-11,13-14H,5-6,8-9,12H2,1-2H3,(H2,22,25);3-4,9-11,13-14H,5-8,12H2,1-2H3,(H2,22,25);5-6,11,14,16H,3-4,7-10,12-13H2,1-2H3,(H2,22,23);5-6,11,14-15H,3-4,7-10,12-13H2,1-2H3,(H2,22,23);3-4,9,13,21H,5-8,10H2,1-2H3,(H2,18,19). The molecule has 7 aromatic rings. The Labute approximate surface area is 763 Å². The first kappa shape index (κ1) is 87.7. The van der Waals surface area contributed by atoms with Crippen LogP contribution in [0.2, 0.25) is 0 Å².